The SMILES string of the molecule is c1ccc(-c2cc(-c3ccccc3)cc(-c3cccc4c3oc3cc5oc6c(-c7cc(-c8ccccc8)cc(-c8ccccc8)c7)cccc6c5cc34)c2)cc1. The molecule has 0 spiro atoms. The molecule has 9 aromatic carbocycles. The van der Waals surface area contributed by atoms with Crippen LogP contribution in [0.15, 0.2) is 215 Å². The lowest BCUT2D eigenvalue weighted by Gasteiger charge is -2.11. The maximum atomic E-state index is 6.82. The Morgan fingerprint density at radius 3 is 0.875 bits per heavy atom. The summed E-state index contributed by atoms with van der Waals surface area (Å²) in [6.45, 7) is 0. The molecule has 11 aromatic rings. The average molecular weight is 715 g/mol. The minimum Gasteiger partial charge on any atom is -0.455 e. The zero-order valence-electron chi connectivity index (χ0n) is 30.4. The van der Waals surface area contributed by atoms with E-state index in [1.54, 1.807) is 0 Å². The van der Waals surface area contributed by atoms with Gasteiger partial charge in [0.1, 0.15) is 22.3 Å². The summed E-state index contributed by atoms with van der Waals surface area (Å²) in [5, 5.41) is 4.31. The molecule has 0 aliphatic carbocycles. The predicted molar refractivity (Wildman–Crippen MR) is 234 cm³/mol. The lowest BCUT2D eigenvalue weighted by Crippen LogP contribution is -1.86. The fourth-order valence-corrected chi connectivity index (χ4v) is 8.30. The first kappa shape index (κ1) is 32.0. The van der Waals surface area contributed by atoms with E-state index in [0.717, 1.165) is 66.1 Å². The maximum absolute atomic E-state index is 6.82. The summed E-state index contributed by atoms with van der Waals surface area (Å²) >= 11 is 0. The summed E-state index contributed by atoms with van der Waals surface area (Å²) in [6, 6.07) is 73.3. The van der Waals surface area contributed by atoms with Gasteiger partial charge in [-0.2, -0.15) is 0 Å². The molecule has 0 N–H and O–H groups in total. The van der Waals surface area contributed by atoms with E-state index in [-0.39, 0.29) is 0 Å². The van der Waals surface area contributed by atoms with Crippen LogP contribution in [-0.4, -0.2) is 0 Å². The van der Waals surface area contributed by atoms with Gasteiger partial charge in [0.2, 0.25) is 0 Å². The molecule has 0 saturated heterocycles. The fraction of sp³-hybridized carbons (Fsp3) is 0. The van der Waals surface area contributed by atoms with E-state index in [4.69, 9.17) is 8.83 Å². The first-order chi connectivity index (χ1) is 27.7. The van der Waals surface area contributed by atoms with E-state index in [9.17, 15) is 0 Å². The van der Waals surface area contributed by atoms with E-state index in [1.165, 1.54) is 44.5 Å². The third kappa shape index (κ3) is 5.51. The normalized spacial score (nSPS) is 11.6. The molecule has 56 heavy (non-hydrogen) atoms. The summed E-state index contributed by atoms with van der Waals surface area (Å²) in [5.41, 5.74) is 17.1. The number of fused-ring (bicyclic) bond motifs is 6. The average Bonchev–Trinajstić information content (AvgIpc) is 3.84. The Morgan fingerprint density at radius 1 is 0.214 bits per heavy atom. The molecule has 2 heteroatoms. The molecular weight excluding hydrogens is 681 g/mol. The molecule has 0 fully saturated rings. The van der Waals surface area contributed by atoms with Crippen LogP contribution < -0.4 is 0 Å². The topological polar surface area (TPSA) is 26.3 Å². The number of hydrogen-bond donors (Lipinski definition) is 0. The Labute approximate surface area is 324 Å². The van der Waals surface area contributed by atoms with Crippen molar-refractivity contribution in [3.8, 4) is 66.8 Å². The van der Waals surface area contributed by atoms with Crippen molar-refractivity contribution >= 4 is 43.9 Å². The first-order valence-electron chi connectivity index (χ1n) is 19.1. The summed E-state index contributed by atoms with van der Waals surface area (Å²) < 4.78 is 13.6. The molecule has 0 amide bonds. The van der Waals surface area contributed by atoms with E-state index >= 15 is 0 Å². The second-order valence-corrected chi connectivity index (χ2v) is 14.5. The lowest BCUT2D eigenvalue weighted by molar-refractivity contribution is 0.657. The minimum atomic E-state index is 0.806. The fourth-order valence-electron chi connectivity index (χ4n) is 8.30. The Balaban J connectivity index is 1.07. The van der Waals surface area contributed by atoms with Gasteiger partial charge in [0.25, 0.3) is 0 Å². The highest BCUT2D eigenvalue weighted by Gasteiger charge is 2.19. The van der Waals surface area contributed by atoms with Crippen molar-refractivity contribution in [3.63, 3.8) is 0 Å². The van der Waals surface area contributed by atoms with Crippen molar-refractivity contribution in [1.29, 1.82) is 0 Å². The molecule has 11 rings (SSSR count). The summed E-state index contributed by atoms with van der Waals surface area (Å²) in [5.74, 6) is 0. The van der Waals surface area contributed by atoms with Crippen LogP contribution >= 0.6 is 0 Å². The summed E-state index contributed by atoms with van der Waals surface area (Å²) in [4.78, 5) is 0. The van der Waals surface area contributed by atoms with Crippen molar-refractivity contribution in [3.05, 3.63) is 206 Å². The van der Waals surface area contributed by atoms with Crippen molar-refractivity contribution in [2.24, 2.45) is 0 Å². The van der Waals surface area contributed by atoms with Crippen molar-refractivity contribution in [1.82, 2.24) is 0 Å². The Kier molecular flexibility index (Phi) is 7.53. The number of rotatable bonds is 6. The third-order valence-electron chi connectivity index (χ3n) is 11.0. The number of benzene rings is 9. The third-order valence-corrected chi connectivity index (χ3v) is 11.0. The van der Waals surface area contributed by atoms with E-state index in [1.807, 2.05) is 0 Å². The monoisotopic (exact) mass is 714 g/mol. The highest BCUT2D eigenvalue weighted by atomic mass is 16.3. The molecule has 0 aliphatic rings. The van der Waals surface area contributed by atoms with Crippen LogP contribution in [0.1, 0.15) is 0 Å². The first-order valence-corrected chi connectivity index (χ1v) is 19.1. The predicted octanol–water partition coefficient (Wildman–Crippen LogP) is 15.5. The largest absolute Gasteiger partial charge is 0.455 e. The van der Waals surface area contributed by atoms with Gasteiger partial charge in [-0.25, -0.2) is 0 Å². The van der Waals surface area contributed by atoms with E-state index in [0.29, 0.717) is 0 Å². The second-order valence-electron chi connectivity index (χ2n) is 14.5. The van der Waals surface area contributed by atoms with Crippen LogP contribution in [0, 0.1) is 0 Å². The van der Waals surface area contributed by atoms with Gasteiger partial charge in [0.05, 0.1) is 0 Å². The summed E-state index contributed by atoms with van der Waals surface area (Å²) in [6.07, 6.45) is 0. The molecule has 2 aromatic heterocycles. The van der Waals surface area contributed by atoms with Crippen LogP contribution in [0.2, 0.25) is 0 Å². The van der Waals surface area contributed by atoms with E-state index in [2.05, 4.69) is 206 Å². The molecule has 0 saturated carbocycles. The number of furan rings is 2. The van der Waals surface area contributed by atoms with Crippen LogP contribution in [0.5, 0.6) is 0 Å². The molecule has 0 aliphatic heterocycles. The number of para-hydroxylation sites is 2. The molecule has 2 nitrogen and oxygen atoms in total. The van der Waals surface area contributed by atoms with Gasteiger partial charge >= 0.3 is 0 Å². The van der Waals surface area contributed by atoms with Gasteiger partial charge in [-0.3, -0.25) is 0 Å². The van der Waals surface area contributed by atoms with Gasteiger partial charge < -0.3 is 8.83 Å². The second kappa shape index (κ2) is 13.2. The van der Waals surface area contributed by atoms with Crippen LogP contribution in [0.3, 0.4) is 0 Å². The van der Waals surface area contributed by atoms with Crippen LogP contribution in [0.25, 0.3) is 111 Å². The van der Waals surface area contributed by atoms with Crippen molar-refractivity contribution in [2.75, 3.05) is 0 Å². The van der Waals surface area contributed by atoms with Gasteiger partial charge in [-0.05, 0) is 98.1 Å². The quantitative estimate of drug-likeness (QED) is 0.171. The standard InChI is InChI=1S/C54H34O2/c1-5-15-35(16-6-1)39-27-40(36-17-7-2-8-18-36)30-43(29-39)45-23-13-25-47-49-33-50-48-26-14-24-46(54(48)56-52(50)34-51(49)55-53(45)47)44-31-41(37-19-9-3-10-20-37)28-42(32-44)38-21-11-4-12-22-38/h1-34H. The van der Waals surface area contributed by atoms with Gasteiger partial charge in [0.15, 0.2) is 0 Å². The molecular formula is C54H34O2. The molecule has 2 heterocycles. The molecule has 0 radical (unpaired) electrons. The molecule has 0 unspecified atom stereocenters. The van der Waals surface area contributed by atoms with E-state index < -0.39 is 0 Å². The lowest BCUT2D eigenvalue weighted by atomic mass is 9.92. The van der Waals surface area contributed by atoms with Gasteiger partial charge in [-0.1, -0.05) is 158 Å². The van der Waals surface area contributed by atoms with Crippen LogP contribution in [-0.2, 0) is 0 Å². The zero-order valence-corrected chi connectivity index (χ0v) is 30.4. The highest BCUT2D eigenvalue weighted by Crippen LogP contribution is 2.44. The zero-order chi connectivity index (χ0) is 37.0. The summed E-state index contributed by atoms with van der Waals surface area (Å²) in [7, 11) is 0. The van der Waals surface area contributed by atoms with Crippen LogP contribution in [0.4, 0.5) is 0 Å². The van der Waals surface area contributed by atoms with Gasteiger partial charge in [-0.15, -0.1) is 0 Å². The Bertz CT molecular complexity index is 2880. The van der Waals surface area contributed by atoms with Gasteiger partial charge in [0, 0.05) is 38.7 Å². The Morgan fingerprint density at radius 2 is 0.536 bits per heavy atom. The highest BCUT2D eigenvalue weighted by molar-refractivity contribution is 6.18. The maximum Gasteiger partial charge on any atom is 0.143 e. The Hall–Kier alpha value is -7.42. The molecule has 0 atom stereocenters. The number of hydrogen-bond acceptors (Lipinski definition) is 2. The van der Waals surface area contributed by atoms with Crippen molar-refractivity contribution in [2.45, 2.75) is 0 Å². The molecule has 0 bridgehead atoms. The minimum absolute atomic E-state index is 0.806. The molecule has 262 valence electrons. The van der Waals surface area contributed by atoms with Crippen molar-refractivity contribution < 1.29 is 8.83 Å². The smallest absolute Gasteiger partial charge is 0.143 e.